The maximum atomic E-state index is 4.55. The Labute approximate surface area is 204 Å². The lowest BCUT2D eigenvalue weighted by atomic mass is 9.81. The van der Waals surface area contributed by atoms with Crippen molar-refractivity contribution in [1.82, 2.24) is 4.98 Å². The maximum absolute atomic E-state index is 4.55. The second kappa shape index (κ2) is 6.28. The molecule has 1 aromatic heterocycles. The van der Waals surface area contributed by atoms with E-state index in [0.717, 1.165) is 25.7 Å². The number of nitrogens with zero attached hydrogens (tertiary/aromatic N) is 2. The number of anilines is 3. The van der Waals surface area contributed by atoms with Crippen molar-refractivity contribution in [1.29, 1.82) is 0 Å². The number of benzene rings is 4. The molecule has 0 unspecified atom stereocenters. The molecule has 4 aliphatic rings. The third-order valence-electron chi connectivity index (χ3n) is 8.60. The summed E-state index contributed by atoms with van der Waals surface area (Å²) in [5.74, 6) is 0. The Morgan fingerprint density at radius 2 is 1.29 bits per heavy atom. The van der Waals surface area contributed by atoms with Crippen molar-refractivity contribution < 1.29 is 0 Å². The van der Waals surface area contributed by atoms with Gasteiger partial charge in [0.1, 0.15) is 0 Å². The van der Waals surface area contributed by atoms with Gasteiger partial charge in [-0.25, -0.2) is 0 Å². The zero-order valence-corrected chi connectivity index (χ0v) is 19.3. The van der Waals surface area contributed by atoms with Gasteiger partial charge < -0.3 is 4.90 Å². The summed E-state index contributed by atoms with van der Waals surface area (Å²) in [5.41, 5.74) is 21.4. The van der Waals surface area contributed by atoms with Crippen LogP contribution in [0.15, 0.2) is 85.2 Å². The molecule has 5 aromatic rings. The van der Waals surface area contributed by atoms with Gasteiger partial charge in [-0.1, -0.05) is 60.7 Å². The van der Waals surface area contributed by atoms with Crippen molar-refractivity contribution in [2.24, 2.45) is 0 Å². The van der Waals surface area contributed by atoms with Crippen molar-refractivity contribution in [2.75, 3.05) is 4.90 Å². The van der Waals surface area contributed by atoms with E-state index in [9.17, 15) is 0 Å². The minimum atomic E-state index is 0.958. The van der Waals surface area contributed by atoms with Crippen LogP contribution in [0.5, 0.6) is 0 Å². The number of aromatic nitrogens is 1. The molecule has 2 aliphatic carbocycles. The fourth-order valence-corrected chi connectivity index (χ4v) is 7.17. The fraction of sp³-hybridized carbons (Fsp3) is 0.121. The smallest absolute Gasteiger partial charge is 0.0578 e. The molecule has 0 N–H and O–H groups in total. The van der Waals surface area contributed by atoms with E-state index in [1.54, 1.807) is 0 Å². The maximum Gasteiger partial charge on any atom is 0.0578 e. The van der Waals surface area contributed by atoms with Crippen molar-refractivity contribution in [3.63, 3.8) is 0 Å². The highest BCUT2D eigenvalue weighted by molar-refractivity contribution is 6.00. The molecular weight excluding hydrogens is 424 g/mol. The zero-order valence-electron chi connectivity index (χ0n) is 19.3. The third-order valence-corrected chi connectivity index (χ3v) is 8.60. The molecular formula is C33H22N2. The summed E-state index contributed by atoms with van der Waals surface area (Å²) >= 11 is 0. The largest absolute Gasteiger partial charge is 0.309 e. The SMILES string of the molecule is c1ccc2c(c1)Cc1c-2cc2c3c1Cc1cnccc1N3c1c(ccc3c1-c1ccccc1C3)C2. The third kappa shape index (κ3) is 2.23. The first kappa shape index (κ1) is 18.2. The van der Waals surface area contributed by atoms with Gasteiger partial charge in [0, 0.05) is 30.8 Å². The van der Waals surface area contributed by atoms with Gasteiger partial charge in [0.25, 0.3) is 0 Å². The first-order valence-corrected chi connectivity index (χ1v) is 12.6. The van der Waals surface area contributed by atoms with Crippen molar-refractivity contribution in [3.8, 4) is 22.3 Å². The summed E-state index contributed by atoms with van der Waals surface area (Å²) < 4.78 is 0. The van der Waals surface area contributed by atoms with Gasteiger partial charge in [0.15, 0.2) is 0 Å². The Morgan fingerprint density at radius 1 is 0.543 bits per heavy atom. The minimum absolute atomic E-state index is 0.958. The van der Waals surface area contributed by atoms with Crippen molar-refractivity contribution in [2.45, 2.75) is 25.7 Å². The Bertz CT molecular complexity index is 1760. The van der Waals surface area contributed by atoms with Crippen LogP contribution in [0.25, 0.3) is 22.3 Å². The first-order valence-electron chi connectivity index (χ1n) is 12.6. The lowest BCUT2D eigenvalue weighted by molar-refractivity contribution is 0.984. The molecule has 164 valence electrons. The van der Waals surface area contributed by atoms with E-state index in [1.165, 1.54) is 83.8 Å². The van der Waals surface area contributed by atoms with Gasteiger partial charge in [-0.3, -0.25) is 4.98 Å². The van der Waals surface area contributed by atoms with Gasteiger partial charge in [-0.05, 0) is 86.2 Å². The molecule has 9 rings (SSSR count). The quantitative estimate of drug-likeness (QED) is 0.240. The van der Waals surface area contributed by atoms with Crippen LogP contribution in [0.2, 0.25) is 0 Å². The predicted molar refractivity (Wildman–Crippen MR) is 141 cm³/mol. The zero-order chi connectivity index (χ0) is 22.7. The normalized spacial score (nSPS) is 14.9. The summed E-state index contributed by atoms with van der Waals surface area (Å²) in [6.07, 6.45) is 8.04. The van der Waals surface area contributed by atoms with E-state index < -0.39 is 0 Å². The molecule has 0 saturated carbocycles. The Kier molecular flexibility index (Phi) is 3.27. The fourth-order valence-electron chi connectivity index (χ4n) is 7.17. The van der Waals surface area contributed by atoms with E-state index >= 15 is 0 Å². The second-order valence-corrected chi connectivity index (χ2v) is 10.4. The van der Waals surface area contributed by atoms with Crippen LogP contribution < -0.4 is 4.90 Å². The van der Waals surface area contributed by atoms with E-state index in [-0.39, 0.29) is 0 Å². The highest BCUT2D eigenvalue weighted by Gasteiger charge is 2.38. The Morgan fingerprint density at radius 3 is 2.20 bits per heavy atom. The average Bonchev–Trinajstić information content (AvgIpc) is 3.47. The summed E-state index contributed by atoms with van der Waals surface area (Å²) in [6.45, 7) is 0. The molecule has 0 spiro atoms. The monoisotopic (exact) mass is 446 g/mol. The summed E-state index contributed by atoms with van der Waals surface area (Å²) in [6, 6.07) is 27.4. The van der Waals surface area contributed by atoms with Crippen LogP contribution in [0.4, 0.5) is 17.1 Å². The van der Waals surface area contributed by atoms with Gasteiger partial charge in [0.2, 0.25) is 0 Å². The van der Waals surface area contributed by atoms with Gasteiger partial charge in [-0.2, -0.15) is 0 Å². The molecule has 0 fully saturated rings. The van der Waals surface area contributed by atoms with Crippen LogP contribution in [0, 0.1) is 0 Å². The minimum Gasteiger partial charge on any atom is -0.309 e. The lowest BCUT2D eigenvalue weighted by Crippen LogP contribution is -2.26. The van der Waals surface area contributed by atoms with Crippen molar-refractivity contribution in [3.05, 3.63) is 130 Å². The highest BCUT2D eigenvalue weighted by Crippen LogP contribution is 2.58. The molecule has 0 bridgehead atoms. The van der Waals surface area contributed by atoms with Gasteiger partial charge in [0.05, 0.1) is 17.1 Å². The second-order valence-electron chi connectivity index (χ2n) is 10.4. The molecule has 2 heteroatoms. The van der Waals surface area contributed by atoms with E-state index in [2.05, 4.69) is 88.9 Å². The van der Waals surface area contributed by atoms with Crippen LogP contribution in [0.3, 0.4) is 0 Å². The summed E-state index contributed by atoms with van der Waals surface area (Å²) in [7, 11) is 0. The van der Waals surface area contributed by atoms with Crippen LogP contribution in [0.1, 0.15) is 44.5 Å². The van der Waals surface area contributed by atoms with E-state index in [4.69, 9.17) is 0 Å². The van der Waals surface area contributed by atoms with E-state index in [1.807, 2.05) is 6.20 Å². The lowest BCUT2D eigenvalue weighted by Gasteiger charge is -2.41. The number of hydrogen-bond acceptors (Lipinski definition) is 2. The van der Waals surface area contributed by atoms with Gasteiger partial charge in [-0.15, -0.1) is 0 Å². The number of pyridine rings is 1. The number of fused-ring (bicyclic) bond motifs is 12. The molecule has 2 aliphatic heterocycles. The van der Waals surface area contributed by atoms with E-state index in [0.29, 0.717) is 0 Å². The highest BCUT2D eigenvalue weighted by atomic mass is 15.2. The molecule has 4 aromatic carbocycles. The average molecular weight is 447 g/mol. The molecule has 0 radical (unpaired) electrons. The first-order chi connectivity index (χ1) is 17.3. The standard InChI is InChI=1S/C33H22N2/c1-3-7-25-20(6-1)15-28-27(25)16-23-14-22-10-9-21-13-19-5-2-4-8-26(19)31(21)33(22)35-30-11-12-34-18-24(30)17-29(28)32(23)35/h1-12,16,18H,13-15,17H2. The number of hydrogen-bond donors (Lipinski definition) is 0. The van der Waals surface area contributed by atoms with Crippen LogP contribution in [-0.2, 0) is 25.7 Å². The van der Waals surface area contributed by atoms with Crippen molar-refractivity contribution >= 4 is 17.1 Å². The molecule has 35 heavy (non-hydrogen) atoms. The molecule has 0 amide bonds. The number of rotatable bonds is 0. The Balaban J connectivity index is 1.38. The topological polar surface area (TPSA) is 16.1 Å². The summed E-state index contributed by atoms with van der Waals surface area (Å²) in [5, 5.41) is 0. The molecule has 2 nitrogen and oxygen atoms in total. The molecule has 3 heterocycles. The van der Waals surface area contributed by atoms with Crippen LogP contribution >= 0.6 is 0 Å². The molecule has 0 atom stereocenters. The summed E-state index contributed by atoms with van der Waals surface area (Å²) in [4.78, 5) is 7.16. The van der Waals surface area contributed by atoms with Gasteiger partial charge >= 0.3 is 0 Å². The Hall–Kier alpha value is -4.17. The predicted octanol–water partition coefficient (Wildman–Crippen LogP) is 7.50. The van der Waals surface area contributed by atoms with Crippen LogP contribution in [-0.4, -0.2) is 4.98 Å². The molecule has 0 saturated heterocycles.